The molecule has 6 aliphatic heterocycles. The minimum atomic E-state index is -1.91. The van der Waals surface area contributed by atoms with Gasteiger partial charge in [-0.3, -0.25) is 19.2 Å². The third kappa shape index (κ3) is 23.7. The van der Waals surface area contributed by atoms with Crippen LogP contribution in [0.1, 0.15) is 203 Å². The highest BCUT2D eigenvalue weighted by Gasteiger charge is 2.58. The van der Waals surface area contributed by atoms with Gasteiger partial charge in [-0.25, -0.2) is 9.59 Å². The number of carbonyl (C=O) groups excluding carboxylic acids is 6. The van der Waals surface area contributed by atoms with Crippen molar-refractivity contribution in [2.45, 2.75) is 371 Å². The summed E-state index contributed by atoms with van der Waals surface area (Å²) < 4.78 is 100. The quantitative estimate of drug-likeness (QED) is 0.0374. The van der Waals surface area contributed by atoms with Gasteiger partial charge in [0.25, 0.3) is 0 Å². The lowest BCUT2D eigenvalue weighted by Gasteiger charge is -2.49. The van der Waals surface area contributed by atoms with Crippen molar-refractivity contribution in [3.63, 3.8) is 0 Å². The van der Waals surface area contributed by atoms with Gasteiger partial charge >= 0.3 is 23.9 Å². The number of cyclic esters (lactones) is 2. The van der Waals surface area contributed by atoms with Crippen molar-refractivity contribution in [3.8, 4) is 0 Å². The molecule has 6 rings (SSSR count). The molecule has 0 aromatic rings. The summed E-state index contributed by atoms with van der Waals surface area (Å²) in [5, 5.41) is 72.6. The normalized spacial score (nSPS) is 46.0. The Labute approximate surface area is 671 Å². The number of likely N-dealkylation sites (N-methyl/N-ethyl adjacent to an activating group) is 2. The zero-order chi connectivity index (χ0) is 85.9. The molecule has 30 nitrogen and oxygen atoms in total. The average molecular weight is 1620 g/mol. The Morgan fingerprint density at radius 3 is 1.17 bits per heavy atom. The lowest BCUT2D eigenvalue weighted by molar-refractivity contribution is -0.319. The number of rotatable bonds is 20. The second kappa shape index (κ2) is 41.7. The minimum absolute atomic E-state index is 0.0586. The van der Waals surface area contributed by atoms with Gasteiger partial charge in [0.15, 0.2) is 37.4 Å². The second-order valence-corrected chi connectivity index (χ2v) is 34.8. The van der Waals surface area contributed by atoms with E-state index in [0.29, 0.717) is 12.8 Å². The fraction of sp³-hybridized carbons (Fsp3) is 0.880. The summed E-state index contributed by atoms with van der Waals surface area (Å²) in [6.45, 7) is 41.5. The number of carbonyl (C=O) groups is 6. The van der Waals surface area contributed by atoms with E-state index in [1.165, 1.54) is 42.3 Å². The molecule has 36 atom stereocenters. The number of nitrogens with zero attached hydrogens (tertiary/aromatic N) is 1. The Hall–Kier alpha value is -4.10. The lowest BCUT2D eigenvalue weighted by atomic mass is 9.76. The van der Waals surface area contributed by atoms with Crippen LogP contribution in [0.25, 0.3) is 0 Å². The zero-order valence-corrected chi connectivity index (χ0v) is 72.6. The van der Waals surface area contributed by atoms with Crippen LogP contribution in [-0.2, 0) is 105 Å². The largest absolute Gasteiger partial charge is 0.459 e. The van der Waals surface area contributed by atoms with Crippen molar-refractivity contribution in [1.82, 2.24) is 10.2 Å². The SMILES string of the molecule is C=CC(=O)OC1[C@H](C)O[C@@H](O[C@H]2[C@H](C)[C@@H](O[C@@H]3O[C@H](C)C[C@H](N(C)C)[C@H]3O)[C@](C)(OC)C[C@@H](C)C(=O)C[C@H](C)[C@@H](O)[C@](C)(O)[C@@H](CC)OC(=O)[C@@H]2C)C[C@@]1(C)OC.C=CC(=O)OC1[C@H](C)O[C@@H](O[C@H]2[C@H](C)[C@@H](O[C@@H]3O[C@H](C)C[C@H](NC)[C@H]3O)[C@](C)(OC)C[C@@H](C)C(=O)C[C@H](C)[C@@H](O)[C@](C)(O)[C@@H](CC)OC(=O)[C@@H]2C)C[C@@]1(C)OC. The van der Waals surface area contributed by atoms with Gasteiger partial charge in [0, 0.05) is 102 Å². The first-order chi connectivity index (χ1) is 52.4. The average Bonchev–Trinajstić information content (AvgIpc) is 1.61. The maximum absolute atomic E-state index is 14.4. The fourth-order valence-corrected chi connectivity index (χ4v) is 17.9. The molecule has 113 heavy (non-hydrogen) atoms. The van der Waals surface area contributed by atoms with Gasteiger partial charge in [0.2, 0.25) is 0 Å². The van der Waals surface area contributed by atoms with E-state index in [1.807, 2.05) is 53.6 Å². The minimum Gasteiger partial charge on any atom is -0.459 e. The number of hydrogen-bond donors (Lipinski definition) is 7. The van der Waals surface area contributed by atoms with E-state index in [4.69, 9.17) is 75.8 Å². The molecule has 7 N–H and O–H groups in total. The molecule has 30 heteroatoms. The van der Waals surface area contributed by atoms with E-state index in [2.05, 4.69) is 18.5 Å². The number of ketones is 2. The Morgan fingerprint density at radius 1 is 0.513 bits per heavy atom. The van der Waals surface area contributed by atoms with Gasteiger partial charge in [-0.15, -0.1) is 0 Å². The van der Waals surface area contributed by atoms with Gasteiger partial charge in [-0.1, -0.05) is 68.5 Å². The molecule has 0 aliphatic carbocycles. The number of ether oxygens (including phenoxy) is 16. The molecule has 6 aliphatic rings. The van der Waals surface area contributed by atoms with Crippen molar-refractivity contribution in [1.29, 1.82) is 0 Å². The molecule has 6 heterocycles. The van der Waals surface area contributed by atoms with Gasteiger partial charge in [0.05, 0.1) is 84.1 Å². The number of hydrogen-bond acceptors (Lipinski definition) is 30. The van der Waals surface area contributed by atoms with Gasteiger partial charge in [0.1, 0.15) is 58.4 Å². The smallest absolute Gasteiger partial charge is 0.330 e. The number of Topliss-reactive ketones (excluding diaryl/α,β-unsaturated/α-hetero) is 2. The Balaban J connectivity index is 0.000000404. The van der Waals surface area contributed by atoms with Crippen LogP contribution in [0, 0.1) is 47.3 Å². The Kier molecular flexibility index (Phi) is 36.7. The first-order valence-corrected chi connectivity index (χ1v) is 40.5. The van der Waals surface area contributed by atoms with Crippen LogP contribution in [0.15, 0.2) is 25.3 Å². The third-order valence-corrected chi connectivity index (χ3v) is 25.4. The van der Waals surface area contributed by atoms with Crippen LogP contribution in [-0.4, -0.2) is 289 Å². The molecule has 0 bridgehead atoms. The third-order valence-electron chi connectivity index (χ3n) is 25.4. The molecule has 0 aromatic heterocycles. The fourth-order valence-electron chi connectivity index (χ4n) is 17.9. The molecule has 6 saturated heterocycles. The van der Waals surface area contributed by atoms with Gasteiger partial charge in [-0.2, -0.15) is 0 Å². The summed E-state index contributed by atoms with van der Waals surface area (Å²) in [6, 6.07) is -0.652. The molecule has 2 unspecified atom stereocenters. The first-order valence-electron chi connectivity index (χ1n) is 40.5. The molecule has 0 radical (unpaired) electrons. The molecular weight excluding hydrogens is 1470 g/mol. The highest BCUT2D eigenvalue weighted by atomic mass is 16.7. The second-order valence-electron chi connectivity index (χ2n) is 34.8. The van der Waals surface area contributed by atoms with Crippen molar-refractivity contribution in [3.05, 3.63) is 25.3 Å². The summed E-state index contributed by atoms with van der Waals surface area (Å²) >= 11 is 0. The van der Waals surface area contributed by atoms with Gasteiger partial charge in [-0.05, 0) is 155 Å². The van der Waals surface area contributed by atoms with Crippen LogP contribution < -0.4 is 5.32 Å². The molecular formula is C83H144N2O28. The van der Waals surface area contributed by atoms with Crippen LogP contribution in [0.5, 0.6) is 0 Å². The standard InChI is InChI=1S/C42H73NO14.C41H71NO14/c1-16-30-42(11,49)35(47)22(3)18-29(44)23(4)20-40(9,50-14)36(57-39-33(46)28(43(12)13)19-24(5)52-39)25(6)34(26(7)38(48)54-30)56-32-21-41(10,51-15)37(27(8)53-32)55-31(45)17-2;1-15-29-41(11,48)34(46)21(3)17-28(43)22(4)19-39(9,49-13)35(56-38-32(45)27(42-12)18-23(5)51-38)24(6)33(25(7)37(47)53-29)55-31-20-40(10,50-14)36(26(8)52-31)54-30(44)16-2/h17,22-28,30,32-37,39,46-47,49H,2,16,18-21H2,1,3-15H3;16,21-27,29,31-36,38,42,45-46,48H,2,15,17-20H2,1,3-14H3/t22-,23+,24+,25-,26+,27-,28-,30+,32-,33+,34-,35+,36+,37?,39-,40+,41+,42+;21-,22+,23+,24-,25+,26-,27-,29+,31-,32+,33-,34+,35+,36?,38-,39+,40+,41+/m00/s1. The number of methoxy groups -OCH3 is 4. The number of aliphatic hydroxyl groups is 6. The number of aliphatic hydroxyl groups excluding tert-OH is 4. The topological polar surface area (TPSA) is 387 Å². The van der Waals surface area contributed by atoms with Crippen LogP contribution in [0.3, 0.4) is 0 Å². The maximum Gasteiger partial charge on any atom is 0.330 e. The predicted octanol–water partition coefficient (Wildman–Crippen LogP) is 6.79. The van der Waals surface area contributed by atoms with E-state index >= 15 is 0 Å². The van der Waals surface area contributed by atoms with E-state index in [9.17, 15) is 59.4 Å². The molecule has 0 aromatic carbocycles. The van der Waals surface area contributed by atoms with E-state index < -0.39 is 215 Å². The van der Waals surface area contributed by atoms with E-state index in [-0.39, 0.29) is 87.2 Å². The summed E-state index contributed by atoms with van der Waals surface area (Å²) in [4.78, 5) is 83.0. The first kappa shape index (κ1) is 99.5. The molecule has 0 saturated carbocycles. The summed E-state index contributed by atoms with van der Waals surface area (Å²) in [5.74, 6) is -9.28. The lowest BCUT2D eigenvalue weighted by Crippen LogP contribution is -2.61. The Bertz CT molecular complexity index is 3090. The molecule has 0 spiro atoms. The molecule has 0 amide bonds. The molecule has 6 fully saturated rings. The maximum atomic E-state index is 14.4. The number of nitrogens with one attached hydrogen (secondary N) is 1. The van der Waals surface area contributed by atoms with Gasteiger partial charge < -0.3 is 117 Å². The van der Waals surface area contributed by atoms with E-state index in [1.54, 1.807) is 97.1 Å². The van der Waals surface area contributed by atoms with Crippen LogP contribution in [0.4, 0.5) is 0 Å². The summed E-state index contributed by atoms with van der Waals surface area (Å²) in [6.07, 6.45) is -15.4. The van der Waals surface area contributed by atoms with Crippen LogP contribution in [0.2, 0.25) is 0 Å². The Morgan fingerprint density at radius 2 is 0.850 bits per heavy atom. The molecule has 654 valence electrons. The highest BCUT2D eigenvalue weighted by molar-refractivity contribution is 5.82. The number of esters is 4. The zero-order valence-electron chi connectivity index (χ0n) is 72.6. The summed E-state index contributed by atoms with van der Waals surface area (Å²) in [7, 11) is 11.5. The van der Waals surface area contributed by atoms with E-state index in [0.717, 1.165) is 12.2 Å². The summed E-state index contributed by atoms with van der Waals surface area (Å²) in [5.41, 5.74) is -8.48. The van der Waals surface area contributed by atoms with Crippen molar-refractivity contribution >= 4 is 35.4 Å². The van der Waals surface area contributed by atoms with Crippen LogP contribution >= 0.6 is 0 Å². The predicted molar refractivity (Wildman–Crippen MR) is 415 cm³/mol. The van der Waals surface area contributed by atoms with Crippen molar-refractivity contribution in [2.24, 2.45) is 47.3 Å². The highest BCUT2D eigenvalue weighted by Crippen LogP contribution is 2.46. The monoisotopic (exact) mass is 1620 g/mol. The van der Waals surface area contributed by atoms with Crippen molar-refractivity contribution in [2.75, 3.05) is 49.6 Å². The van der Waals surface area contributed by atoms with Crippen molar-refractivity contribution < 1.29 is 135 Å².